The van der Waals surface area contributed by atoms with Crippen LogP contribution >= 0.6 is 0 Å². The molecule has 2 aromatic heterocycles. The first-order valence-corrected chi connectivity index (χ1v) is 9.82. The van der Waals surface area contributed by atoms with Crippen LogP contribution in [0.2, 0.25) is 0 Å². The summed E-state index contributed by atoms with van der Waals surface area (Å²) in [7, 11) is 4.12. The number of rotatable bonds is 5. The summed E-state index contributed by atoms with van der Waals surface area (Å²) < 4.78 is 2.00. The Morgan fingerprint density at radius 3 is 2.82 bits per heavy atom. The van der Waals surface area contributed by atoms with Gasteiger partial charge >= 0.3 is 0 Å². The number of likely N-dealkylation sites (N-methyl/N-ethyl adjacent to an activating group) is 1. The molecule has 1 aliphatic rings. The Kier molecular flexibility index (Phi) is 5.30. The molecule has 0 aliphatic carbocycles. The summed E-state index contributed by atoms with van der Waals surface area (Å²) in [6.45, 7) is 2.45. The lowest BCUT2D eigenvalue weighted by molar-refractivity contribution is 0.0596. The van der Waals surface area contributed by atoms with Gasteiger partial charge in [-0.25, -0.2) is 0 Å². The van der Waals surface area contributed by atoms with Crippen LogP contribution in [-0.2, 0) is 13.6 Å². The second-order valence-corrected chi connectivity index (χ2v) is 7.62. The van der Waals surface area contributed by atoms with Gasteiger partial charge in [-0.15, -0.1) is 0 Å². The van der Waals surface area contributed by atoms with Crippen LogP contribution in [0.4, 0.5) is 0 Å². The summed E-state index contributed by atoms with van der Waals surface area (Å²) in [5, 5.41) is 7.28. The number of nitrogens with one attached hydrogen (secondary N) is 1. The van der Waals surface area contributed by atoms with Gasteiger partial charge in [0.1, 0.15) is 11.4 Å². The van der Waals surface area contributed by atoms with Crippen molar-refractivity contribution in [3.63, 3.8) is 0 Å². The zero-order valence-corrected chi connectivity index (χ0v) is 16.5. The lowest BCUT2D eigenvalue weighted by Gasteiger charge is -2.37. The van der Waals surface area contributed by atoms with Crippen molar-refractivity contribution in [1.82, 2.24) is 24.6 Å². The monoisotopic (exact) mass is 377 g/mol. The Morgan fingerprint density at radius 1 is 1.25 bits per heavy atom. The highest BCUT2D eigenvalue weighted by Gasteiger charge is 2.28. The molecule has 1 amide bonds. The number of aryl methyl sites for hydroxylation is 1. The summed E-state index contributed by atoms with van der Waals surface area (Å²) in [6, 6.07) is 16.7. The molecule has 1 aliphatic heterocycles. The average molecular weight is 377 g/mol. The molecule has 6 nitrogen and oxygen atoms in total. The third kappa shape index (κ3) is 3.87. The van der Waals surface area contributed by atoms with Gasteiger partial charge in [0.15, 0.2) is 0 Å². The van der Waals surface area contributed by atoms with E-state index in [-0.39, 0.29) is 5.91 Å². The van der Waals surface area contributed by atoms with Crippen molar-refractivity contribution in [3.05, 3.63) is 66.0 Å². The Morgan fingerprint density at radius 2 is 2.07 bits per heavy atom. The fourth-order valence-corrected chi connectivity index (χ4v) is 3.96. The number of likely N-dealkylation sites (tertiary alicyclic amines) is 1. The normalized spacial score (nSPS) is 17.2. The van der Waals surface area contributed by atoms with Gasteiger partial charge in [0.05, 0.1) is 5.69 Å². The van der Waals surface area contributed by atoms with Gasteiger partial charge < -0.3 is 9.47 Å². The van der Waals surface area contributed by atoms with E-state index in [1.807, 2.05) is 47.0 Å². The van der Waals surface area contributed by atoms with E-state index in [1.54, 1.807) is 0 Å². The minimum Gasteiger partial charge on any atom is -0.349 e. The minimum atomic E-state index is 0.0331. The molecular weight excluding hydrogens is 350 g/mol. The number of carbonyl (C=O) groups is 1. The number of H-pyrrole nitrogens is 1. The van der Waals surface area contributed by atoms with Crippen LogP contribution in [0, 0.1) is 0 Å². The van der Waals surface area contributed by atoms with E-state index in [0.29, 0.717) is 11.7 Å². The predicted molar refractivity (Wildman–Crippen MR) is 110 cm³/mol. The molecule has 28 heavy (non-hydrogen) atoms. The number of hydrogen-bond acceptors (Lipinski definition) is 3. The van der Waals surface area contributed by atoms with Gasteiger partial charge in [-0.3, -0.25) is 14.8 Å². The number of hydrogen-bond donors (Lipinski definition) is 1. The fourth-order valence-electron chi connectivity index (χ4n) is 3.96. The molecular formula is C22H27N5O. The summed E-state index contributed by atoms with van der Waals surface area (Å²) >= 11 is 0. The van der Waals surface area contributed by atoms with Crippen LogP contribution in [0.15, 0.2) is 54.7 Å². The maximum Gasteiger partial charge on any atom is 0.271 e. The number of nitrogens with zero attached hydrogens (tertiary/aromatic N) is 4. The largest absolute Gasteiger partial charge is 0.349 e. The maximum absolute atomic E-state index is 13.0. The summed E-state index contributed by atoms with van der Waals surface area (Å²) in [5.74, 6) is 0.0331. The molecule has 1 N–H and O–H groups in total. The Balaban J connectivity index is 1.42. The second-order valence-electron chi connectivity index (χ2n) is 7.62. The molecule has 0 spiro atoms. The van der Waals surface area contributed by atoms with Gasteiger partial charge in [0, 0.05) is 38.9 Å². The predicted octanol–water partition coefficient (Wildman–Crippen LogP) is 3.15. The van der Waals surface area contributed by atoms with Crippen molar-refractivity contribution >= 4 is 5.91 Å². The second kappa shape index (κ2) is 8.02. The maximum atomic E-state index is 13.0. The Labute approximate surface area is 165 Å². The number of aromatic amines is 1. The topological polar surface area (TPSA) is 57.2 Å². The molecule has 6 heteroatoms. The average Bonchev–Trinajstić information content (AvgIpc) is 3.37. The highest BCUT2D eigenvalue weighted by atomic mass is 16.2. The van der Waals surface area contributed by atoms with E-state index in [9.17, 15) is 4.79 Å². The van der Waals surface area contributed by atoms with Crippen LogP contribution in [0.3, 0.4) is 0 Å². The quantitative estimate of drug-likeness (QED) is 0.743. The van der Waals surface area contributed by atoms with Gasteiger partial charge in [0.25, 0.3) is 5.91 Å². The molecule has 3 heterocycles. The lowest BCUT2D eigenvalue weighted by Crippen LogP contribution is -2.48. The van der Waals surface area contributed by atoms with Crippen LogP contribution in [0.25, 0.3) is 11.4 Å². The highest BCUT2D eigenvalue weighted by Crippen LogP contribution is 2.21. The molecule has 1 atom stereocenters. The molecule has 3 aromatic rings. The highest BCUT2D eigenvalue weighted by molar-refractivity contribution is 5.93. The van der Waals surface area contributed by atoms with E-state index < -0.39 is 0 Å². The molecule has 1 fully saturated rings. The molecule has 0 radical (unpaired) electrons. The van der Waals surface area contributed by atoms with Crippen molar-refractivity contribution in [2.75, 3.05) is 20.1 Å². The molecule has 0 saturated carbocycles. The standard InChI is InChI=1S/C22H27N5O/c1-25-12-7-11-21(25)19-14-20(24-23-19)22(28)27-13-6-10-18(16-27)26(2)15-17-8-4-3-5-9-17/h3-5,7-9,11-12,14,18H,6,10,13,15-16H2,1-2H3,(H,23,24). The van der Waals surface area contributed by atoms with Crippen LogP contribution in [0.5, 0.6) is 0 Å². The fraction of sp³-hybridized carbons (Fsp3) is 0.364. The smallest absolute Gasteiger partial charge is 0.271 e. The number of amides is 1. The molecule has 4 rings (SSSR count). The summed E-state index contributed by atoms with van der Waals surface area (Å²) in [4.78, 5) is 17.3. The van der Waals surface area contributed by atoms with E-state index >= 15 is 0 Å². The molecule has 1 unspecified atom stereocenters. The Hall–Kier alpha value is -2.86. The van der Waals surface area contributed by atoms with E-state index in [2.05, 4.69) is 46.4 Å². The molecule has 1 aromatic carbocycles. The van der Waals surface area contributed by atoms with Crippen molar-refractivity contribution in [1.29, 1.82) is 0 Å². The minimum absolute atomic E-state index is 0.0331. The van der Waals surface area contributed by atoms with Gasteiger partial charge in [-0.2, -0.15) is 5.10 Å². The SMILES string of the molecule is CN(Cc1ccccc1)C1CCCN(C(=O)c2cc(-c3cccn3C)n[nH]2)C1. The van der Waals surface area contributed by atoms with Crippen LogP contribution in [0.1, 0.15) is 28.9 Å². The molecule has 0 bridgehead atoms. The van der Waals surface area contributed by atoms with Gasteiger partial charge in [-0.05, 0) is 43.7 Å². The van der Waals surface area contributed by atoms with Crippen molar-refractivity contribution in [2.45, 2.75) is 25.4 Å². The molecule has 1 saturated heterocycles. The third-order valence-electron chi connectivity index (χ3n) is 5.60. The number of aromatic nitrogens is 3. The summed E-state index contributed by atoms with van der Waals surface area (Å²) in [6.07, 6.45) is 4.11. The zero-order chi connectivity index (χ0) is 19.5. The first-order chi connectivity index (χ1) is 13.6. The van der Waals surface area contributed by atoms with Crippen LogP contribution in [-0.4, -0.2) is 56.7 Å². The van der Waals surface area contributed by atoms with Crippen LogP contribution < -0.4 is 0 Å². The Bertz CT molecular complexity index is 929. The third-order valence-corrected chi connectivity index (χ3v) is 5.60. The zero-order valence-electron chi connectivity index (χ0n) is 16.5. The van der Waals surface area contributed by atoms with E-state index in [4.69, 9.17) is 0 Å². The van der Waals surface area contributed by atoms with Gasteiger partial charge in [0.2, 0.25) is 0 Å². The van der Waals surface area contributed by atoms with Crippen molar-refractivity contribution < 1.29 is 4.79 Å². The number of benzene rings is 1. The number of carbonyl (C=O) groups excluding carboxylic acids is 1. The van der Waals surface area contributed by atoms with Crippen molar-refractivity contribution in [2.24, 2.45) is 7.05 Å². The first-order valence-electron chi connectivity index (χ1n) is 9.82. The first kappa shape index (κ1) is 18.5. The number of piperidine rings is 1. The van der Waals surface area contributed by atoms with E-state index in [0.717, 1.165) is 43.9 Å². The lowest BCUT2D eigenvalue weighted by atomic mass is 10.0. The van der Waals surface area contributed by atoms with Crippen molar-refractivity contribution in [3.8, 4) is 11.4 Å². The molecule has 146 valence electrons. The van der Waals surface area contributed by atoms with E-state index in [1.165, 1.54) is 5.56 Å². The summed E-state index contributed by atoms with van der Waals surface area (Å²) in [5.41, 5.74) is 3.65. The van der Waals surface area contributed by atoms with Gasteiger partial charge in [-0.1, -0.05) is 30.3 Å².